The Kier molecular flexibility index (Phi) is 3.02. The van der Waals surface area contributed by atoms with Gasteiger partial charge in [0.25, 0.3) is 0 Å². The Hall–Kier alpha value is -1.36. The number of halogens is 1. The van der Waals surface area contributed by atoms with Gasteiger partial charge in [0.15, 0.2) is 0 Å². The second-order valence-corrected chi connectivity index (χ2v) is 3.22. The molecule has 1 rings (SSSR count). The number of hydrogen-bond acceptors (Lipinski definition) is 3. The average Bonchev–Trinajstić information content (AvgIpc) is 2.02. The largest absolute Gasteiger partial charge is 0.507 e. The van der Waals surface area contributed by atoms with Gasteiger partial charge in [0.1, 0.15) is 5.75 Å². The van der Waals surface area contributed by atoms with E-state index in [0.29, 0.717) is 5.56 Å². The van der Waals surface area contributed by atoms with Crippen molar-refractivity contribution >= 4 is 22.0 Å². The molecule has 0 bridgehead atoms. The molecule has 0 aliphatic rings. The van der Waals surface area contributed by atoms with E-state index in [9.17, 15) is 15.2 Å². The molecule has 1 N–H and O–H groups in total. The lowest BCUT2D eigenvalue weighted by Gasteiger charge is -1.97. The maximum absolute atomic E-state index is 9.98. The van der Waals surface area contributed by atoms with Crippen molar-refractivity contribution in [1.82, 2.24) is 0 Å². The first-order chi connectivity index (χ1) is 6.09. The van der Waals surface area contributed by atoms with Crippen LogP contribution < -0.4 is 0 Å². The van der Waals surface area contributed by atoms with E-state index in [1.165, 1.54) is 12.1 Å². The molecule has 0 heterocycles. The van der Waals surface area contributed by atoms with Gasteiger partial charge in [0, 0.05) is 16.1 Å². The van der Waals surface area contributed by atoms with Gasteiger partial charge < -0.3 is 5.11 Å². The van der Waals surface area contributed by atoms with Gasteiger partial charge in [0.2, 0.25) is 6.20 Å². The van der Waals surface area contributed by atoms with E-state index >= 15 is 0 Å². The van der Waals surface area contributed by atoms with Crippen LogP contribution >= 0.6 is 15.9 Å². The third-order valence-electron chi connectivity index (χ3n) is 1.37. The summed E-state index contributed by atoms with van der Waals surface area (Å²) in [5.74, 6) is 0.00692. The molecule has 0 unspecified atom stereocenters. The van der Waals surface area contributed by atoms with Crippen molar-refractivity contribution in [1.29, 1.82) is 0 Å². The summed E-state index contributed by atoms with van der Waals surface area (Å²) in [5.41, 5.74) is 0.417. The van der Waals surface area contributed by atoms with E-state index in [1.807, 2.05) is 0 Å². The van der Waals surface area contributed by atoms with Crippen LogP contribution in [0.4, 0.5) is 0 Å². The summed E-state index contributed by atoms with van der Waals surface area (Å²) in [6, 6.07) is 4.75. The minimum absolute atomic E-state index is 0.00692. The number of nitrogens with zero attached hydrogens (tertiary/aromatic N) is 1. The maximum Gasteiger partial charge on any atom is 0.235 e. The number of benzene rings is 1. The van der Waals surface area contributed by atoms with Gasteiger partial charge in [-0.2, -0.15) is 0 Å². The molecule has 0 atom stereocenters. The van der Waals surface area contributed by atoms with E-state index in [4.69, 9.17) is 0 Å². The molecule has 0 fully saturated rings. The van der Waals surface area contributed by atoms with Gasteiger partial charge in [-0.05, 0) is 18.2 Å². The fraction of sp³-hybridized carbons (Fsp3) is 0. The van der Waals surface area contributed by atoms with Crippen molar-refractivity contribution in [3.8, 4) is 5.75 Å². The molecule has 5 heteroatoms. The molecule has 68 valence electrons. The molecular weight excluding hydrogens is 238 g/mol. The molecule has 0 radical (unpaired) electrons. The summed E-state index contributed by atoms with van der Waals surface area (Å²) in [5, 5.41) is 19.3. The van der Waals surface area contributed by atoms with E-state index < -0.39 is 4.92 Å². The van der Waals surface area contributed by atoms with Gasteiger partial charge in [-0.15, -0.1) is 0 Å². The standard InChI is InChI=1S/C8H6BrNO3/c9-7-2-1-6(8(11)5-7)3-4-10(12)13/h1-5,11H/b4-3+. The van der Waals surface area contributed by atoms with E-state index in [0.717, 1.165) is 10.7 Å². The molecule has 0 spiro atoms. The zero-order valence-corrected chi connectivity index (χ0v) is 8.06. The Morgan fingerprint density at radius 2 is 2.23 bits per heavy atom. The molecule has 0 saturated heterocycles. The number of nitro groups is 1. The Bertz CT molecular complexity index is 362. The molecule has 13 heavy (non-hydrogen) atoms. The average molecular weight is 244 g/mol. The monoisotopic (exact) mass is 243 g/mol. The zero-order valence-electron chi connectivity index (χ0n) is 6.48. The number of phenols is 1. The van der Waals surface area contributed by atoms with Crippen molar-refractivity contribution in [3.63, 3.8) is 0 Å². The van der Waals surface area contributed by atoms with Gasteiger partial charge in [-0.1, -0.05) is 15.9 Å². The summed E-state index contributed by atoms with van der Waals surface area (Å²) in [7, 11) is 0. The summed E-state index contributed by atoms with van der Waals surface area (Å²) >= 11 is 3.16. The van der Waals surface area contributed by atoms with Crippen molar-refractivity contribution in [2.75, 3.05) is 0 Å². The highest BCUT2D eigenvalue weighted by Crippen LogP contribution is 2.23. The SMILES string of the molecule is O=[N+]([O-])/C=C/c1ccc(Br)cc1O. The van der Waals surface area contributed by atoms with Gasteiger partial charge in [-0.25, -0.2) is 0 Å². The van der Waals surface area contributed by atoms with Crippen LogP contribution in [0.25, 0.3) is 6.08 Å². The molecule has 1 aromatic carbocycles. The van der Waals surface area contributed by atoms with Crippen molar-refractivity contribution in [3.05, 3.63) is 44.5 Å². The number of phenolic OH excluding ortho intramolecular Hbond substituents is 1. The van der Waals surface area contributed by atoms with E-state index in [-0.39, 0.29) is 5.75 Å². The van der Waals surface area contributed by atoms with Crippen LogP contribution in [0.5, 0.6) is 5.75 Å². The highest BCUT2D eigenvalue weighted by Gasteiger charge is 1.98. The zero-order chi connectivity index (χ0) is 9.84. The molecule has 0 saturated carbocycles. The predicted molar refractivity (Wildman–Crippen MR) is 51.8 cm³/mol. The molecule has 0 amide bonds. The molecule has 0 aromatic heterocycles. The van der Waals surface area contributed by atoms with Crippen LogP contribution in [-0.2, 0) is 0 Å². The lowest BCUT2D eigenvalue weighted by molar-refractivity contribution is -0.400. The predicted octanol–water partition coefficient (Wildman–Crippen LogP) is 2.40. The first-order valence-corrected chi connectivity index (χ1v) is 4.19. The van der Waals surface area contributed by atoms with E-state index in [2.05, 4.69) is 15.9 Å². The maximum atomic E-state index is 9.98. The molecule has 0 aliphatic heterocycles. The fourth-order valence-electron chi connectivity index (χ4n) is 0.799. The van der Waals surface area contributed by atoms with E-state index in [1.54, 1.807) is 12.1 Å². The molecule has 4 nitrogen and oxygen atoms in total. The second-order valence-electron chi connectivity index (χ2n) is 2.30. The smallest absolute Gasteiger partial charge is 0.235 e. The van der Waals surface area contributed by atoms with Crippen LogP contribution in [0, 0.1) is 10.1 Å². The van der Waals surface area contributed by atoms with Crippen molar-refractivity contribution in [2.24, 2.45) is 0 Å². The first kappa shape index (κ1) is 9.73. The van der Waals surface area contributed by atoms with Crippen LogP contribution in [0.3, 0.4) is 0 Å². The van der Waals surface area contributed by atoms with Gasteiger partial charge >= 0.3 is 0 Å². The van der Waals surface area contributed by atoms with Crippen molar-refractivity contribution in [2.45, 2.75) is 0 Å². The minimum Gasteiger partial charge on any atom is -0.507 e. The summed E-state index contributed by atoms with van der Waals surface area (Å²) in [4.78, 5) is 9.40. The number of rotatable bonds is 2. The summed E-state index contributed by atoms with van der Waals surface area (Å²) in [6.07, 6.45) is 2.02. The lowest BCUT2D eigenvalue weighted by Crippen LogP contribution is -1.82. The number of aromatic hydroxyl groups is 1. The highest BCUT2D eigenvalue weighted by molar-refractivity contribution is 9.10. The fourth-order valence-corrected chi connectivity index (χ4v) is 1.15. The second kappa shape index (κ2) is 4.04. The van der Waals surface area contributed by atoms with Crippen LogP contribution in [-0.4, -0.2) is 10.0 Å². The molecule has 0 aliphatic carbocycles. The topological polar surface area (TPSA) is 63.4 Å². The van der Waals surface area contributed by atoms with Crippen LogP contribution in [0.15, 0.2) is 28.9 Å². The Morgan fingerprint density at radius 3 is 2.77 bits per heavy atom. The lowest BCUT2D eigenvalue weighted by atomic mass is 10.2. The molecule has 1 aromatic rings. The molecular formula is C8H6BrNO3. The third-order valence-corrected chi connectivity index (χ3v) is 1.86. The van der Waals surface area contributed by atoms with Gasteiger partial charge in [-0.3, -0.25) is 10.1 Å². The number of hydrogen-bond donors (Lipinski definition) is 1. The third kappa shape index (κ3) is 2.87. The van der Waals surface area contributed by atoms with Crippen LogP contribution in [0.1, 0.15) is 5.56 Å². The first-order valence-electron chi connectivity index (χ1n) is 3.40. The van der Waals surface area contributed by atoms with Gasteiger partial charge in [0.05, 0.1) is 4.92 Å². The summed E-state index contributed by atoms with van der Waals surface area (Å²) < 4.78 is 0.725. The Morgan fingerprint density at radius 1 is 1.54 bits per heavy atom. The van der Waals surface area contributed by atoms with Crippen LogP contribution in [0.2, 0.25) is 0 Å². The quantitative estimate of drug-likeness (QED) is 0.641. The highest BCUT2D eigenvalue weighted by atomic mass is 79.9. The Balaban J connectivity index is 2.96. The van der Waals surface area contributed by atoms with Crippen molar-refractivity contribution < 1.29 is 10.0 Å². The minimum atomic E-state index is -0.582. The Labute approximate surface area is 82.8 Å². The summed E-state index contributed by atoms with van der Waals surface area (Å²) in [6.45, 7) is 0. The normalized spacial score (nSPS) is 10.5.